The Morgan fingerprint density at radius 3 is 2.92 bits per heavy atom. The number of aliphatic hydroxyl groups is 1. The molecular weight excluding hydrogens is 168 g/mol. The van der Waals surface area contributed by atoms with Crippen molar-refractivity contribution in [3.63, 3.8) is 0 Å². The maximum absolute atomic E-state index is 11.5. The lowest BCUT2D eigenvalue weighted by atomic mass is 10.1. The van der Waals surface area contributed by atoms with Crippen LogP contribution < -0.4 is 5.32 Å². The molecule has 2 N–H and O–H groups in total. The van der Waals surface area contributed by atoms with E-state index in [-0.39, 0.29) is 18.1 Å². The molecule has 4 heteroatoms. The molecule has 1 saturated carbocycles. The second-order valence-electron chi connectivity index (χ2n) is 3.83. The fraction of sp³-hybridized carbons (Fsp3) is 0.889. The van der Waals surface area contributed by atoms with Crippen molar-refractivity contribution in [1.29, 1.82) is 0 Å². The van der Waals surface area contributed by atoms with Crippen LogP contribution in [-0.2, 0) is 4.79 Å². The van der Waals surface area contributed by atoms with Crippen molar-refractivity contribution in [2.45, 2.75) is 31.4 Å². The van der Waals surface area contributed by atoms with Crippen LogP contribution in [0.25, 0.3) is 0 Å². The molecule has 0 spiro atoms. The fourth-order valence-electron chi connectivity index (χ4n) is 2.26. The molecule has 74 valence electrons. The van der Waals surface area contributed by atoms with Crippen LogP contribution in [0.5, 0.6) is 0 Å². The van der Waals surface area contributed by atoms with Crippen molar-refractivity contribution >= 4 is 5.91 Å². The normalized spacial score (nSPS) is 35.5. The van der Waals surface area contributed by atoms with Crippen molar-refractivity contribution in [2.75, 3.05) is 19.6 Å². The van der Waals surface area contributed by atoms with Gasteiger partial charge in [0.2, 0.25) is 5.91 Å². The van der Waals surface area contributed by atoms with Crippen LogP contribution in [-0.4, -0.2) is 47.7 Å². The molecule has 2 fully saturated rings. The second-order valence-corrected chi connectivity index (χ2v) is 3.83. The van der Waals surface area contributed by atoms with Gasteiger partial charge in [-0.3, -0.25) is 4.79 Å². The van der Waals surface area contributed by atoms with E-state index in [9.17, 15) is 9.90 Å². The molecule has 0 radical (unpaired) electrons. The van der Waals surface area contributed by atoms with Crippen LogP contribution in [0.15, 0.2) is 0 Å². The van der Waals surface area contributed by atoms with Gasteiger partial charge in [0.05, 0.1) is 18.7 Å². The number of hydrogen-bond acceptors (Lipinski definition) is 3. The molecule has 1 saturated heterocycles. The summed E-state index contributed by atoms with van der Waals surface area (Å²) in [6.45, 7) is 2.04. The number of amides is 1. The molecule has 0 aromatic rings. The molecule has 1 aliphatic carbocycles. The number of nitrogens with one attached hydrogen (secondary N) is 1. The van der Waals surface area contributed by atoms with Crippen molar-refractivity contribution < 1.29 is 9.90 Å². The van der Waals surface area contributed by atoms with E-state index >= 15 is 0 Å². The molecule has 4 nitrogen and oxygen atoms in total. The molecule has 0 aromatic carbocycles. The van der Waals surface area contributed by atoms with Gasteiger partial charge in [-0.2, -0.15) is 0 Å². The number of rotatable bonds is 1. The average molecular weight is 184 g/mol. The number of carbonyl (C=O) groups is 1. The predicted molar refractivity (Wildman–Crippen MR) is 48.2 cm³/mol. The van der Waals surface area contributed by atoms with E-state index in [1.807, 2.05) is 4.90 Å². The molecule has 0 bridgehead atoms. The topological polar surface area (TPSA) is 52.6 Å². The lowest BCUT2D eigenvalue weighted by Crippen LogP contribution is -2.54. The summed E-state index contributed by atoms with van der Waals surface area (Å²) in [5.74, 6) is 0.136. The molecule has 1 heterocycles. The second kappa shape index (κ2) is 3.64. The van der Waals surface area contributed by atoms with Gasteiger partial charge >= 0.3 is 0 Å². The van der Waals surface area contributed by atoms with E-state index in [1.165, 1.54) is 0 Å². The zero-order valence-corrected chi connectivity index (χ0v) is 7.70. The first-order valence-corrected chi connectivity index (χ1v) is 4.97. The third-order valence-electron chi connectivity index (χ3n) is 2.97. The highest BCUT2D eigenvalue weighted by atomic mass is 16.3. The van der Waals surface area contributed by atoms with Crippen LogP contribution in [0, 0.1) is 0 Å². The minimum Gasteiger partial charge on any atom is -0.391 e. The number of hydrogen-bond donors (Lipinski definition) is 2. The van der Waals surface area contributed by atoms with E-state index in [0.29, 0.717) is 6.54 Å². The quantitative estimate of drug-likeness (QED) is 0.568. The van der Waals surface area contributed by atoms with Gasteiger partial charge in [0, 0.05) is 13.1 Å². The molecule has 13 heavy (non-hydrogen) atoms. The first-order valence-electron chi connectivity index (χ1n) is 4.97. The highest BCUT2D eigenvalue weighted by molar-refractivity contribution is 5.79. The van der Waals surface area contributed by atoms with Gasteiger partial charge in [0.25, 0.3) is 0 Å². The predicted octanol–water partition coefficient (Wildman–Crippen LogP) is -0.668. The zero-order chi connectivity index (χ0) is 9.26. The Morgan fingerprint density at radius 2 is 2.31 bits per heavy atom. The number of piperazine rings is 1. The molecule has 2 aliphatic rings. The third kappa shape index (κ3) is 1.69. The Labute approximate surface area is 77.9 Å². The van der Waals surface area contributed by atoms with Gasteiger partial charge < -0.3 is 15.3 Å². The summed E-state index contributed by atoms with van der Waals surface area (Å²) in [6, 6.07) is 0.0922. The smallest absolute Gasteiger partial charge is 0.236 e. The van der Waals surface area contributed by atoms with Crippen LogP contribution in [0.3, 0.4) is 0 Å². The summed E-state index contributed by atoms with van der Waals surface area (Å²) in [5, 5.41) is 12.7. The van der Waals surface area contributed by atoms with Gasteiger partial charge in [-0.1, -0.05) is 0 Å². The van der Waals surface area contributed by atoms with Gasteiger partial charge in [0.1, 0.15) is 0 Å². The summed E-state index contributed by atoms with van der Waals surface area (Å²) >= 11 is 0. The molecule has 0 unspecified atom stereocenters. The van der Waals surface area contributed by atoms with Crippen molar-refractivity contribution in [1.82, 2.24) is 10.2 Å². The standard InChI is InChI=1S/C9H16N2O2/c12-8-3-1-2-7(8)11-5-4-10-6-9(11)13/h7-8,10,12H,1-6H2/t7-,8+/m0/s1. The Kier molecular flexibility index (Phi) is 2.51. The third-order valence-corrected chi connectivity index (χ3v) is 2.97. The summed E-state index contributed by atoms with van der Waals surface area (Å²) in [5.41, 5.74) is 0. The Hall–Kier alpha value is -0.610. The molecule has 2 atom stereocenters. The highest BCUT2D eigenvalue weighted by Crippen LogP contribution is 2.24. The largest absolute Gasteiger partial charge is 0.391 e. The van der Waals surface area contributed by atoms with E-state index in [1.54, 1.807) is 0 Å². The maximum atomic E-state index is 11.5. The maximum Gasteiger partial charge on any atom is 0.236 e. The number of carbonyl (C=O) groups excluding carboxylic acids is 1. The summed E-state index contributed by atoms with van der Waals surface area (Å²) in [4.78, 5) is 13.3. The van der Waals surface area contributed by atoms with Crippen LogP contribution >= 0.6 is 0 Å². The van der Waals surface area contributed by atoms with Crippen molar-refractivity contribution in [3.05, 3.63) is 0 Å². The Bertz CT molecular complexity index is 208. The molecule has 1 amide bonds. The molecule has 2 rings (SSSR count). The monoisotopic (exact) mass is 184 g/mol. The number of aliphatic hydroxyl groups excluding tert-OH is 1. The van der Waals surface area contributed by atoms with Crippen LogP contribution in [0.2, 0.25) is 0 Å². The molecule has 0 aromatic heterocycles. The first-order chi connectivity index (χ1) is 6.29. The molecule has 1 aliphatic heterocycles. The lowest BCUT2D eigenvalue weighted by molar-refractivity contribution is -0.136. The Morgan fingerprint density at radius 1 is 1.46 bits per heavy atom. The lowest BCUT2D eigenvalue weighted by Gasteiger charge is -2.34. The Balaban J connectivity index is 2.01. The van der Waals surface area contributed by atoms with Gasteiger partial charge in [-0.25, -0.2) is 0 Å². The summed E-state index contributed by atoms with van der Waals surface area (Å²) < 4.78 is 0. The fourth-order valence-corrected chi connectivity index (χ4v) is 2.26. The van der Waals surface area contributed by atoms with Gasteiger partial charge in [0.15, 0.2) is 0 Å². The van der Waals surface area contributed by atoms with E-state index in [4.69, 9.17) is 0 Å². The van der Waals surface area contributed by atoms with E-state index in [0.717, 1.165) is 32.4 Å². The number of nitrogens with zero attached hydrogens (tertiary/aromatic N) is 1. The van der Waals surface area contributed by atoms with Crippen molar-refractivity contribution in [3.8, 4) is 0 Å². The van der Waals surface area contributed by atoms with Gasteiger partial charge in [-0.05, 0) is 19.3 Å². The highest BCUT2D eigenvalue weighted by Gasteiger charge is 2.34. The average Bonchev–Trinajstić information content (AvgIpc) is 2.52. The van der Waals surface area contributed by atoms with E-state index in [2.05, 4.69) is 5.32 Å². The SMILES string of the molecule is O=C1CNCCN1[C@H]1CCC[C@H]1O. The van der Waals surface area contributed by atoms with Crippen molar-refractivity contribution in [2.24, 2.45) is 0 Å². The summed E-state index contributed by atoms with van der Waals surface area (Å²) in [7, 11) is 0. The first kappa shape index (κ1) is 8.97. The van der Waals surface area contributed by atoms with E-state index < -0.39 is 0 Å². The molecular formula is C9H16N2O2. The minimum atomic E-state index is -0.290. The zero-order valence-electron chi connectivity index (χ0n) is 7.70. The van der Waals surface area contributed by atoms with Crippen LogP contribution in [0.1, 0.15) is 19.3 Å². The summed E-state index contributed by atoms with van der Waals surface area (Å²) in [6.07, 6.45) is 2.57. The van der Waals surface area contributed by atoms with Crippen LogP contribution in [0.4, 0.5) is 0 Å². The van der Waals surface area contributed by atoms with Gasteiger partial charge in [-0.15, -0.1) is 0 Å². The minimum absolute atomic E-state index is 0.0922.